The van der Waals surface area contributed by atoms with E-state index >= 15 is 0 Å². The first-order valence-corrected chi connectivity index (χ1v) is 5.71. The molecule has 1 aliphatic carbocycles. The lowest BCUT2D eigenvalue weighted by atomic mass is 9.62. The van der Waals surface area contributed by atoms with E-state index in [4.69, 9.17) is 5.48 Å². The van der Waals surface area contributed by atoms with E-state index in [1.165, 1.54) is 0 Å². The highest BCUT2D eigenvalue weighted by molar-refractivity contribution is 5.64. The zero-order valence-corrected chi connectivity index (χ0v) is 9.33. The van der Waals surface area contributed by atoms with Crippen LogP contribution in [0, 0.1) is 0 Å². The summed E-state index contributed by atoms with van der Waals surface area (Å²) >= 11 is 0. The van der Waals surface area contributed by atoms with Crippen molar-refractivity contribution in [3.05, 3.63) is 29.7 Å². The molecule has 1 aromatic rings. The molecule has 2 aliphatic rings. The Bertz CT molecular complexity index is 571. The molecule has 2 unspecified atom stereocenters. The van der Waals surface area contributed by atoms with E-state index in [9.17, 15) is 0 Å². The third-order valence-corrected chi connectivity index (χ3v) is 4.46. The lowest BCUT2D eigenvalue weighted by molar-refractivity contribution is 0.214. The van der Waals surface area contributed by atoms with Crippen LogP contribution in [0.15, 0.2) is 24.2 Å². The van der Waals surface area contributed by atoms with Crippen molar-refractivity contribution >= 4 is 5.69 Å². The molecular weight excluding hydrogens is 182 g/mol. The van der Waals surface area contributed by atoms with Crippen molar-refractivity contribution in [2.45, 2.75) is 50.5 Å². The monoisotopic (exact) mass is 205 g/mol. The van der Waals surface area contributed by atoms with Crippen LogP contribution in [0.4, 0.5) is 5.69 Å². The predicted octanol–water partition coefficient (Wildman–Crippen LogP) is 3.70. The third kappa shape index (κ3) is 1.04. The van der Waals surface area contributed by atoms with Gasteiger partial charge in [-0.3, -0.25) is 0 Å². The molecule has 1 nitrogen and oxygen atoms in total. The van der Waals surface area contributed by atoms with E-state index in [1.54, 1.807) is 0 Å². The number of hydrogen-bond donors (Lipinski definition) is 1. The summed E-state index contributed by atoms with van der Waals surface area (Å²) in [5, 5.41) is 3.42. The molecule has 1 heterocycles. The minimum Gasteiger partial charge on any atom is -0.379 e. The third-order valence-electron chi connectivity index (χ3n) is 4.46. The quantitative estimate of drug-likeness (QED) is 0.681. The van der Waals surface area contributed by atoms with Crippen molar-refractivity contribution in [2.24, 2.45) is 0 Å². The first-order valence-electron chi connectivity index (χ1n) is 7.71. The molecule has 3 rings (SSSR count). The van der Waals surface area contributed by atoms with Gasteiger partial charge in [0.25, 0.3) is 0 Å². The van der Waals surface area contributed by atoms with E-state index < -0.39 is 0 Å². The summed E-state index contributed by atoms with van der Waals surface area (Å²) in [4.78, 5) is 0. The minimum atomic E-state index is -0.197. The van der Waals surface area contributed by atoms with Gasteiger partial charge < -0.3 is 5.32 Å². The maximum atomic E-state index is 8.22. The Balaban J connectivity index is 2.32. The van der Waals surface area contributed by atoms with Gasteiger partial charge in [-0.25, -0.2) is 0 Å². The average Bonchev–Trinajstić information content (AvgIpc) is 2.62. The van der Waals surface area contributed by atoms with Gasteiger partial charge in [-0.15, -0.1) is 0 Å². The van der Waals surface area contributed by atoms with Gasteiger partial charge in [0.2, 0.25) is 0 Å². The highest BCUT2D eigenvalue weighted by Gasteiger charge is 2.52. The molecule has 1 aromatic carbocycles. The summed E-state index contributed by atoms with van der Waals surface area (Å²) in [5.74, 6) is 0. The molecule has 1 fully saturated rings. The molecule has 0 aromatic heterocycles. The number of anilines is 1. The summed E-state index contributed by atoms with van der Waals surface area (Å²) in [5.41, 5.74) is 1.06. The predicted molar refractivity (Wildman–Crippen MR) is 64.3 cm³/mol. The fourth-order valence-corrected chi connectivity index (χ4v) is 3.21. The molecule has 15 heavy (non-hydrogen) atoms. The normalized spacial score (nSPS) is 41.7. The number of fused-ring (bicyclic) bond motifs is 3. The summed E-state index contributed by atoms with van der Waals surface area (Å²) in [6, 6.07) is -0.0341. The van der Waals surface area contributed by atoms with Crippen LogP contribution in [0.1, 0.15) is 50.6 Å². The SMILES string of the molecule is [2H]c1c([2H])c([2H])c2c(c1[2H])NC1(C)CCCCC21C. The first-order chi connectivity index (χ1) is 8.82. The molecule has 1 heteroatoms. The van der Waals surface area contributed by atoms with Crippen molar-refractivity contribution in [3.8, 4) is 0 Å². The molecule has 0 radical (unpaired) electrons. The molecule has 1 N–H and O–H groups in total. The number of rotatable bonds is 0. The molecule has 1 aliphatic heterocycles. The highest BCUT2D eigenvalue weighted by atomic mass is 15.0. The fraction of sp³-hybridized carbons (Fsp3) is 0.571. The van der Waals surface area contributed by atoms with Crippen LogP contribution < -0.4 is 5.32 Å². The second kappa shape index (κ2) is 2.78. The van der Waals surface area contributed by atoms with Crippen molar-refractivity contribution in [3.63, 3.8) is 0 Å². The van der Waals surface area contributed by atoms with Gasteiger partial charge in [0, 0.05) is 16.6 Å². The van der Waals surface area contributed by atoms with E-state index in [0.717, 1.165) is 31.2 Å². The summed E-state index contributed by atoms with van der Waals surface area (Å²) in [6.45, 7) is 4.30. The first kappa shape index (κ1) is 5.93. The van der Waals surface area contributed by atoms with Crippen molar-refractivity contribution in [1.82, 2.24) is 0 Å². The molecular formula is C14H19N. The molecule has 80 valence electrons. The zero-order chi connectivity index (χ0) is 14.0. The minimum absolute atomic E-state index is 0.0767. The van der Waals surface area contributed by atoms with Gasteiger partial charge >= 0.3 is 0 Å². The Hall–Kier alpha value is -0.980. The molecule has 0 saturated heterocycles. The van der Waals surface area contributed by atoms with Crippen molar-refractivity contribution in [1.29, 1.82) is 0 Å². The van der Waals surface area contributed by atoms with Crippen LogP contribution in [-0.4, -0.2) is 5.54 Å². The second-order valence-electron chi connectivity index (χ2n) is 5.25. The van der Waals surface area contributed by atoms with Gasteiger partial charge in [0.05, 0.1) is 5.48 Å². The van der Waals surface area contributed by atoms with E-state index in [0.29, 0.717) is 5.69 Å². The molecule has 0 spiro atoms. The summed E-state index contributed by atoms with van der Waals surface area (Å²) in [7, 11) is 0. The van der Waals surface area contributed by atoms with Crippen LogP contribution in [0.25, 0.3) is 0 Å². The van der Waals surface area contributed by atoms with E-state index in [1.807, 2.05) is 0 Å². The standard InChI is InChI=1S/C14H19N/c1-13-9-5-6-10-14(13,2)15-12-8-4-3-7-11(12)13/h3-4,7-8,15H,5-6,9-10H2,1-2H3/i3D,4D,7D,8D. The Morgan fingerprint density at radius 2 is 1.93 bits per heavy atom. The molecule has 1 saturated carbocycles. The Kier molecular flexibility index (Phi) is 1.10. The fourth-order valence-electron chi connectivity index (χ4n) is 3.21. The van der Waals surface area contributed by atoms with Gasteiger partial charge in [-0.05, 0) is 31.4 Å². The largest absolute Gasteiger partial charge is 0.379 e. The van der Waals surface area contributed by atoms with Gasteiger partial charge in [0.15, 0.2) is 0 Å². The maximum absolute atomic E-state index is 8.22. The lowest BCUT2D eigenvalue weighted by Crippen LogP contribution is -2.50. The summed E-state index contributed by atoms with van der Waals surface area (Å²) in [6.07, 6.45) is 4.26. The molecule has 0 bridgehead atoms. The Morgan fingerprint density at radius 3 is 2.80 bits per heavy atom. The van der Waals surface area contributed by atoms with Crippen LogP contribution in [-0.2, 0) is 5.41 Å². The van der Waals surface area contributed by atoms with Crippen molar-refractivity contribution < 1.29 is 5.48 Å². The Morgan fingerprint density at radius 1 is 1.20 bits per heavy atom. The zero-order valence-electron chi connectivity index (χ0n) is 13.3. The number of hydrogen-bond acceptors (Lipinski definition) is 1. The number of para-hydroxylation sites is 1. The van der Waals surface area contributed by atoms with Gasteiger partial charge in [0.1, 0.15) is 0 Å². The van der Waals surface area contributed by atoms with Gasteiger partial charge in [-0.2, -0.15) is 0 Å². The lowest BCUT2D eigenvalue weighted by Gasteiger charge is -2.45. The topological polar surface area (TPSA) is 12.0 Å². The maximum Gasteiger partial charge on any atom is 0.0645 e. The van der Waals surface area contributed by atoms with Gasteiger partial charge in [-0.1, -0.05) is 37.9 Å². The van der Waals surface area contributed by atoms with Crippen LogP contribution in [0.2, 0.25) is 0 Å². The summed E-state index contributed by atoms with van der Waals surface area (Å²) < 4.78 is 32.0. The van der Waals surface area contributed by atoms with Crippen LogP contribution in [0.5, 0.6) is 0 Å². The molecule has 2 atom stereocenters. The van der Waals surface area contributed by atoms with Crippen LogP contribution in [0.3, 0.4) is 0 Å². The number of benzene rings is 1. The average molecular weight is 205 g/mol. The Labute approximate surface area is 97.5 Å². The van der Waals surface area contributed by atoms with E-state index in [2.05, 4.69) is 19.2 Å². The number of nitrogens with one attached hydrogen (secondary N) is 1. The molecule has 0 amide bonds. The smallest absolute Gasteiger partial charge is 0.0645 e. The second-order valence-corrected chi connectivity index (χ2v) is 5.25. The van der Waals surface area contributed by atoms with Crippen molar-refractivity contribution in [2.75, 3.05) is 5.32 Å². The van der Waals surface area contributed by atoms with E-state index in [-0.39, 0.29) is 35.1 Å². The van der Waals surface area contributed by atoms with Crippen LogP contribution >= 0.6 is 0 Å². The highest BCUT2D eigenvalue weighted by Crippen LogP contribution is 2.54.